The van der Waals surface area contributed by atoms with Crippen LogP contribution in [0.5, 0.6) is 11.5 Å². The van der Waals surface area contributed by atoms with Crippen molar-refractivity contribution in [3.05, 3.63) is 57.1 Å². The van der Waals surface area contributed by atoms with Crippen molar-refractivity contribution in [2.45, 2.75) is 393 Å². The van der Waals surface area contributed by atoms with E-state index in [0.29, 0.717) is 6.61 Å². The molecule has 0 atom stereocenters. The summed E-state index contributed by atoms with van der Waals surface area (Å²) in [5, 5.41) is 5.75. The van der Waals surface area contributed by atoms with Crippen molar-refractivity contribution < 1.29 is 19.0 Å². The summed E-state index contributed by atoms with van der Waals surface area (Å²) in [7, 11) is 0. The lowest BCUT2D eigenvalue weighted by atomic mass is 9.81. The minimum atomic E-state index is -0.354. The Bertz CT molecular complexity index is 2750. The van der Waals surface area contributed by atoms with Crippen LogP contribution in [0.3, 0.4) is 0 Å². The first kappa shape index (κ1) is 78.3. The zero-order chi connectivity index (χ0) is 66.4. The van der Waals surface area contributed by atoms with Gasteiger partial charge in [-0.1, -0.05) is 324 Å². The normalized spacial score (nSPS) is 13.7. The number of unbranched alkanes of at least 4 members (excludes halogenated alkanes) is 45. The van der Waals surface area contributed by atoms with E-state index in [9.17, 15) is 4.79 Å². The van der Waals surface area contributed by atoms with Crippen LogP contribution in [0.4, 0.5) is 0 Å². The van der Waals surface area contributed by atoms with Crippen LogP contribution in [0.15, 0.2) is 41.1 Å². The molecule has 6 aromatic heterocycles. The first-order chi connectivity index (χ1) is 46.9. The molecule has 2 aliphatic rings. The van der Waals surface area contributed by atoms with Crippen LogP contribution in [0.2, 0.25) is 0 Å². The summed E-state index contributed by atoms with van der Waals surface area (Å²) in [5.41, 5.74) is 2.14. The first-order valence-electron chi connectivity index (χ1n) is 40.5. The SMILES string of the molecule is CCCCCCCCCCCCOC(=O)c1cc2c(-c3cc4c(s3)-c3sccc3OC4(CCCCCCCCCCCC)CCCCCCCCCCCC)sc(-c3cc4c(s3)-c3sccc3OC4(CCCCCCCCCCCC)CCCCCCCCCCCC)c2s1. The monoisotopic (exact) mass is 1410 g/mol. The molecule has 532 valence electrons. The molecule has 0 amide bonds. The van der Waals surface area contributed by atoms with E-state index in [1.165, 1.54) is 368 Å². The summed E-state index contributed by atoms with van der Waals surface area (Å²) in [4.78, 5) is 25.9. The Balaban J connectivity index is 1.10. The van der Waals surface area contributed by atoms with Gasteiger partial charge in [0.15, 0.2) is 0 Å². The lowest BCUT2D eigenvalue weighted by Crippen LogP contribution is -2.35. The molecule has 0 N–H and O–H groups in total. The molecule has 0 unspecified atom stereocenters. The molecule has 0 saturated heterocycles. The van der Waals surface area contributed by atoms with Crippen molar-refractivity contribution in [1.29, 1.82) is 0 Å². The van der Waals surface area contributed by atoms with Gasteiger partial charge in [-0.3, -0.25) is 0 Å². The minimum Gasteiger partial charge on any atom is -0.481 e. The average molecular weight is 1410 g/mol. The molecule has 0 aliphatic carbocycles. The molecule has 0 bridgehead atoms. The summed E-state index contributed by atoms with van der Waals surface area (Å²) < 4.78 is 22.6. The van der Waals surface area contributed by atoms with Crippen molar-refractivity contribution in [2.24, 2.45) is 0 Å². The van der Waals surface area contributed by atoms with Crippen LogP contribution in [-0.2, 0) is 15.9 Å². The fourth-order valence-electron chi connectivity index (χ4n) is 15.4. The van der Waals surface area contributed by atoms with Crippen molar-refractivity contribution in [3.63, 3.8) is 0 Å². The van der Waals surface area contributed by atoms with Crippen molar-refractivity contribution in [1.82, 2.24) is 0 Å². The third-order valence-electron chi connectivity index (χ3n) is 21.2. The molecule has 8 heterocycles. The molecule has 8 rings (SSSR count). The van der Waals surface area contributed by atoms with Gasteiger partial charge in [0.25, 0.3) is 0 Å². The third-order valence-corrected chi connectivity index (χ3v) is 28.4. The number of carbonyl (C=O) groups is 1. The second-order valence-corrected chi connectivity index (χ2v) is 35.3. The number of fused-ring (bicyclic) bond motifs is 7. The quantitative estimate of drug-likeness (QED) is 0.0282. The average Bonchev–Trinajstić information content (AvgIpc) is 1.57. The van der Waals surface area contributed by atoms with E-state index in [4.69, 9.17) is 14.2 Å². The summed E-state index contributed by atoms with van der Waals surface area (Å²) in [6, 6.07) is 12.0. The third kappa shape index (κ3) is 24.6. The summed E-state index contributed by atoms with van der Waals surface area (Å²) in [6.45, 7) is 12.1. The molecule has 0 saturated carbocycles. The fourth-order valence-corrected chi connectivity index (χ4v) is 22.7. The van der Waals surface area contributed by atoms with Gasteiger partial charge in [0, 0.05) is 26.3 Å². The highest BCUT2D eigenvalue weighted by Gasteiger charge is 2.45. The van der Waals surface area contributed by atoms with Crippen molar-refractivity contribution in [3.8, 4) is 50.5 Å². The van der Waals surface area contributed by atoms with Gasteiger partial charge in [0.05, 0.1) is 40.6 Å². The predicted octanol–water partition coefficient (Wildman–Crippen LogP) is 32.4. The fraction of sp³-hybridized carbons (Fsp3) is 0.729. The first-order valence-corrected chi connectivity index (χ1v) is 45.5. The predicted molar refractivity (Wildman–Crippen MR) is 426 cm³/mol. The van der Waals surface area contributed by atoms with Gasteiger partial charge in [-0.05, 0) is 98.9 Å². The number of ether oxygens (including phenoxy) is 3. The number of hydrogen-bond acceptors (Lipinski definition) is 10. The molecule has 0 aromatic carbocycles. The Morgan fingerprint density at radius 2 is 0.642 bits per heavy atom. The second kappa shape index (κ2) is 45.4. The number of carbonyl (C=O) groups excluding carboxylic acids is 1. The van der Waals surface area contributed by atoms with E-state index in [-0.39, 0.29) is 17.2 Å². The van der Waals surface area contributed by atoms with Crippen molar-refractivity contribution in [2.75, 3.05) is 6.61 Å². The summed E-state index contributed by atoms with van der Waals surface area (Å²) >= 11 is 11.4. The Kier molecular flexibility index (Phi) is 37.4. The topological polar surface area (TPSA) is 44.8 Å². The highest BCUT2D eigenvalue weighted by molar-refractivity contribution is 7.34. The van der Waals surface area contributed by atoms with Gasteiger partial charge >= 0.3 is 5.97 Å². The minimum absolute atomic E-state index is 0.160. The standard InChI is InChI=1S/C85H132O4S6/c1-6-11-16-21-26-31-36-41-46-51-58-84(59-52-47-42-37-32-27-22-17-12-7-2)69-66-73(92-78(69)80-71(88-84)56-63-90-80)76-68-65-75(83(86)87-62-55-50-45-40-35-30-25-20-15-10-5)94-77(68)82(95-76)74-67-70-79(93-74)81-72(57-64-91-81)89-85(70,60-53-48-43-38-33-28-23-18-13-8-3)61-54-49-44-39-34-29-24-19-14-9-4/h56-57,63-67H,6-55,58-62H2,1-5H3. The van der Waals surface area contributed by atoms with Crippen LogP contribution in [0.25, 0.3) is 49.1 Å². The van der Waals surface area contributed by atoms with E-state index in [2.05, 4.69) is 75.7 Å². The Morgan fingerprint density at radius 1 is 0.337 bits per heavy atom. The highest BCUT2D eigenvalue weighted by Crippen LogP contribution is 2.61. The molecule has 0 spiro atoms. The van der Waals surface area contributed by atoms with E-state index in [1.807, 2.05) is 56.7 Å². The summed E-state index contributed by atoms with van der Waals surface area (Å²) in [6.07, 6.45) is 70.3. The Morgan fingerprint density at radius 3 is 0.979 bits per heavy atom. The largest absolute Gasteiger partial charge is 0.481 e. The number of esters is 1. The smallest absolute Gasteiger partial charge is 0.348 e. The Labute approximate surface area is 605 Å². The zero-order valence-corrected chi connectivity index (χ0v) is 65.9. The highest BCUT2D eigenvalue weighted by atomic mass is 32.1. The van der Waals surface area contributed by atoms with E-state index >= 15 is 0 Å². The van der Waals surface area contributed by atoms with Crippen molar-refractivity contribution >= 4 is 84.1 Å². The van der Waals surface area contributed by atoms with Gasteiger partial charge in [-0.25, -0.2) is 4.79 Å². The van der Waals surface area contributed by atoms with Gasteiger partial charge in [-0.15, -0.1) is 68.0 Å². The van der Waals surface area contributed by atoms with Crippen LogP contribution < -0.4 is 9.47 Å². The number of thiophene rings is 6. The maximum absolute atomic E-state index is 14.5. The van der Waals surface area contributed by atoms with E-state index < -0.39 is 0 Å². The zero-order valence-electron chi connectivity index (χ0n) is 61.0. The van der Waals surface area contributed by atoms with Crippen LogP contribution in [0.1, 0.15) is 402 Å². The maximum atomic E-state index is 14.5. The van der Waals surface area contributed by atoms with Crippen LogP contribution in [-0.4, -0.2) is 12.6 Å². The maximum Gasteiger partial charge on any atom is 0.348 e. The van der Waals surface area contributed by atoms with Crippen LogP contribution >= 0.6 is 68.0 Å². The second-order valence-electron chi connectivity index (χ2n) is 29.3. The molecule has 6 aromatic rings. The molecule has 0 radical (unpaired) electrons. The number of rotatable bonds is 58. The molecule has 0 fully saturated rings. The molecule has 95 heavy (non-hydrogen) atoms. The molecular formula is C85H132O4S6. The lowest BCUT2D eigenvalue weighted by Gasteiger charge is -2.38. The Hall–Kier alpha value is -2.47. The molecule has 2 aliphatic heterocycles. The molecule has 4 nitrogen and oxygen atoms in total. The number of hydrogen-bond donors (Lipinski definition) is 0. The van der Waals surface area contributed by atoms with Gasteiger partial charge < -0.3 is 14.2 Å². The van der Waals surface area contributed by atoms with E-state index in [1.54, 1.807) is 11.3 Å². The van der Waals surface area contributed by atoms with Gasteiger partial charge in [0.1, 0.15) is 27.6 Å². The van der Waals surface area contributed by atoms with Gasteiger partial charge in [0.2, 0.25) is 0 Å². The van der Waals surface area contributed by atoms with Crippen LogP contribution in [0, 0.1) is 0 Å². The molecule has 10 heteroatoms. The van der Waals surface area contributed by atoms with Gasteiger partial charge in [-0.2, -0.15) is 0 Å². The van der Waals surface area contributed by atoms with E-state index in [0.717, 1.165) is 54.9 Å². The lowest BCUT2D eigenvalue weighted by molar-refractivity contribution is 0.0395. The molecular weight excluding hydrogens is 1280 g/mol. The summed E-state index contributed by atoms with van der Waals surface area (Å²) in [5.74, 6) is 2.02.